The van der Waals surface area contributed by atoms with Crippen molar-refractivity contribution in [2.24, 2.45) is 0 Å². The summed E-state index contributed by atoms with van der Waals surface area (Å²) >= 11 is 3.22. The molecule has 1 saturated heterocycles. The maximum atomic E-state index is 13.1. The zero-order chi connectivity index (χ0) is 9.97. The van der Waals surface area contributed by atoms with E-state index in [-0.39, 0.29) is 11.9 Å². The van der Waals surface area contributed by atoms with Gasteiger partial charge in [0.15, 0.2) is 5.75 Å². The lowest BCUT2D eigenvalue weighted by Gasteiger charge is -2.12. The zero-order valence-corrected chi connectivity index (χ0v) is 9.05. The molecule has 1 aromatic rings. The summed E-state index contributed by atoms with van der Waals surface area (Å²) in [6.07, 6.45) is 2.38. The van der Waals surface area contributed by atoms with E-state index in [0.717, 1.165) is 24.0 Å². The van der Waals surface area contributed by atoms with Crippen LogP contribution in [0.15, 0.2) is 16.7 Å². The van der Waals surface area contributed by atoms with Crippen molar-refractivity contribution in [2.75, 3.05) is 13.1 Å². The Morgan fingerprint density at radius 2 is 2.50 bits per heavy atom. The Labute approximate surface area is 89.8 Å². The third kappa shape index (κ3) is 2.22. The lowest BCUT2D eigenvalue weighted by molar-refractivity contribution is 0.210. The number of hydrogen-bond acceptors (Lipinski definition) is 3. The van der Waals surface area contributed by atoms with Gasteiger partial charge >= 0.3 is 0 Å². The van der Waals surface area contributed by atoms with Crippen LogP contribution in [0.5, 0.6) is 5.75 Å². The first-order chi connectivity index (χ1) is 6.75. The molecule has 1 aliphatic heterocycles. The molecule has 1 atom stereocenters. The Morgan fingerprint density at radius 1 is 1.64 bits per heavy atom. The quantitative estimate of drug-likeness (QED) is 0.823. The summed E-state index contributed by atoms with van der Waals surface area (Å²) in [7, 11) is 0. The highest BCUT2D eigenvalue weighted by molar-refractivity contribution is 9.10. The van der Waals surface area contributed by atoms with Crippen LogP contribution in [0.25, 0.3) is 0 Å². The Hall–Kier alpha value is -0.680. The molecule has 0 aromatic carbocycles. The summed E-state index contributed by atoms with van der Waals surface area (Å²) < 4.78 is 19.3. The molecule has 14 heavy (non-hydrogen) atoms. The van der Waals surface area contributed by atoms with E-state index >= 15 is 0 Å². The average Bonchev–Trinajstić information content (AvgIpc) is 2.64. The maximum Gasteiger partial charge on any atom is 0.255 e. The molecule has 0 bridgehead atoms. The van der Waals surface area contributed by atoms with Crippen molar-refractivity contribution in [3.05, 3.63) is 22.7 Å². The number of halogens is 2. The van der Waals surface area contributed by atoms with Crippen molar-refractivity contribution in [1.29, 1.82) is 0 Å². The average molecular weight is 261 g/mol. The third-order valence-electron chi connectivity index (χ3n) is 2.08. The summed E-state index contributed by atoms with van der Waals surface area (Å²) in [5, 5.41) is 3.15. The van der Waals surface area contributed by atoms with Gasteiger partial charge in [-0.2, -0.15) is 4.39 Å². The van der Waals surface area contributed by atoms with Crippen LogP contribution in [0.3, 0.4) is 0 Å². The number of nitrogens with one attached hydrogen (secondary N) is 1. The van der Waals surface area contributed by atoms with Crippen molar-refractivity contribution >= 4 is 15.9 Å². The van der Waals surface area contributed by atoms with Gasteiger partial charge in [0.25, 0.3) is 5.95 Å². The van der Waals surface area contributed by atoms with Gasteiger partial charge in [0, 0.05) is 23.3 Å². The molecule has 5 heteroatoms. The Morgan fingerprint density at radius 3 is 3.21 bits per heavy atom. The fraction of sp³-hybridized carbons (Fsp3) is 0.444. The second kappa shape index (κ2) is 4.23. The lowest BCUT2D eigenvalue weighted by atomic mass is 10.3. The van der Waals surface area contributed by atoms with Gasteiger partial charge in [0.1, 0.15) is 6.10 Å². The Kier molecular flexibility index (Phi) is 2.98. The molecule has 0 aliphatic carbocycles. The molecule has 0 radical (unpaired) electrons. The third-order valence-corrected chi connectivity index (χ3v) is 2.52. The normalized spacial score (nSPS) is 21.1. The largest absolute Gasteiger partial charge is 0.484 e. The van der Waals surface area contributed by atoms with E-state index in [0.29, 0.717) is 0 Å². The fourth-order valence-corrected chi connectivity index (χ4v) is 1.71. The maximum absolute atomic E-state index is 13.1. The predicted molar refractivity (Wildman–Crippen MR) is 53.8 cm³/mol. The van der Waals surface area contributed by atoms with E-state index < -0.39 is 5.95 Å². The molecule has 1 fully saturated rings. The molecule has 1 aromatic heterocycles. The molecule has 0 spiro atoms. The molecule has 0 amide bonds. The summed E-state index contributed by atoms with van der Waals surface area (Å²) in [6, 6.07) is 1.60. The first-order valence-corrected chi connectivity index (χ1v) is 5.23. The van der Waals surface area contributed by atoms with Crippen LogP contribution in [-0.2, 0) is 0 Å². The van der Waals surface area contributed by atoms with Crippen LogP contribution in [0, 0.1) is 5.95 Å². The zero-order valence-electron chi connectivity index (χ0n) is 7.46. The minimum absolute atomic E-state index is 0.0561. The topological polar surface area (TPSA) is 34.1 Å². The number of hydrogen-bond donors (Lipinski definition) is 1. The second-order valence-electron chi connectivity index (χ2n) is 3.18. The van der Waals surface area contributed by atoms with Gasteiger partial charge < -0.3 is 10.1 Å². The molecular weight excluding hydrogens is 251 g/mol. The second-order valence-corrected chi connectivity index (χ2v) is 4.09. The smallest absolute Gasteiger partial charge is 0.255 e. The fourth-order valence-electron chi connectivity index (χ4n) is 1.39. The summed E-state index contributed by atoms with van der Waals surface area (Å²) in [6.45, 7) is 1.69. The van der Waals surface area contributed by atoms with Gasteiger partial charge in [-0.3, -0.25) is 0 Å². The molecule has 2 rings (SSSR count). The van der Waals surface area contributed by atoms with E-state index in [1.807, 2.05) is 0 Å². The van der Waals surface area contributed by atoms with Crippen molar-refractivity contribution in [1.82, 2.24) is 10.3 Å². The van der Waals surface area contributed by atoms with Crippen molar-refractivity contribution in [3.8, 4) is 5.75 Å². The first-order valence-electron chi connectivity index (χ1n) is 4.44. The minimum atomic E-state index is -0.555. The van der Waals surface area contributed by atoms with Crippen LogP contribution in [0.1, 0.15) is 6.42 Å². The number of aromatic nitrogens is 1. The van der Waals surface area contributed by atoms with Crippen molar-refractivity contribution in [2.45, 2.75) is 12.5 Å². The highest BCUT2D eigenvalue weighted by Gasteiger charge is 2.18. The molecule has 76 valence electrons. The van der Waals surface area contributed by atoms with Gasteiger partial charge in [-0.15, -0.1) is 0 Å². The number of pyridine rings is 1. The molecule has 1 N–H and O–H groups in total. The minimum Gasteiger partial charge on any atom is -0.484 e. The van der Waals surface area contributed by atoms with Crippen molar-refractivity contribution < 1.29 is 9.13 Å². The summed E-state index contributed by atoms with van der Waals surface area (Å²) in [5.41, 5.74) is 0. The standard InChI is InChI=1S/C9H10BrFN2O/c10-6-3-8(9(11)13-4-6)14-7-1-2-12-5-7/h3-4,7,12H,1-2,5H2. The summed E-state index contributed by atoms with van der Waals surface area (Å²) in [5.74, 6) is -0.340. The highest BCUT2D eigenvalue weighted by atomic mass is 79.9. The van der Waals surface area contributed by atoms with E-state index in [9.17, 15) is 4.39 Å². The Bertz CT molecular complexity index is 329. The van der Waals surface area contributed by atoms with E-state index in [1.165, 1.54) is 6.20 Å². The van der Waals surface area contributed by atoms with Crippen LogP contribution < -0.4 is 10.1 Å². The first kappa shape index (κ1) is 9.86. The van der Waals surface area contributed by atoms with E-state index in [2.05, 4.69) is 26.2 Å². The SMILES string of the molecule is Fc1ncc(Br)cc1OC1CCNC1. The summed E-state index contributed by atoms with van der Waals surface area (Å²) in [4.78, 5) is 3.56. The van der Waals surface area contributed by atoms with Crippen LogP contribution in [0.4, 0.5) is 4.39 Å². The number of rotatable bonds is 2. The molecule has 2 heterocycles. The highest BCUT2D eigenvalue weighted by Crippen LogP contribution is 2.22. The van der Waals surface area contributed by atoms with Crippen molar-refractivity contribution in [3.63, 3.8) is 0 Å². The van der Waals surface area contributed by atoms with Gasteiger partial charge in [-0.25, -0.2) is 4.98 Å². The van der Waals surface area contributed by atoms with Gasteiger partial charge in [-0.05, 0) is 28.9 Å². The molecule has 1 aliphatic rings. The number of nitrogens with zero attached hydrogens (tertiary/aromatic N) is 1. The van der Waals surface area contributed by atoms with E-state index in [4.69, 9.17) is 4.74 Å². The van der Waals surface area contributed by atoms with Gasteiger partial charge in [0.05, 0.1) is 0 Å². The van der Waals surface area contributed by atoms with Crippen LogP contribution in [0.2, 0.25) is 0 Å². The van der Waals surface area contributed by atoms with Crippen LogP contribution >= 0.6 is 15.9 Å². The lowest BCUT2D eigenvalue weighted by Crippen LogP contribution is -2.20. The van der Waals surface area contributed by atoms with E-state index in [1.54, 1.807) is 6.07 Å². The monoisotopic (exact) mass is 260 g/mol. The van der Waals surface area contributed by atoms with Crippen LogP contribution in [-0.4, -0.2) is 24.2 Å². The van der Waals surface area contributed by atoms with Gasteiger partial charge in [-0.1, -0.05) is 0 Å². The van der Waals surface area contributed by atoms with Gasteiger partial charge in [0.2, 0.25) is 0 Å². The molecule has 0 saturated carbocycles. The molecule has 1 unspecified atom stereocenters. The number of ether oxygens (including phenoxy) is 1. The predicted octanol–water partition coefficient (Wildman–Crippen LogP) is 1.72. The molecule has 3 nitrogen and oxygen atoms in total. The molecular formula is C9H10BrFN2O. The Balaban J connectivity index is 2.10.